The zero-order valence-corrected chi connectivity index (χ0v) is 19.7. The summed E-state index contributed by atoms with van der Waals surface area (Å²) in [5, 5.41) is 14.8. The molecule has 0 bridgehead atoms. The first-order chi connectivity index (χ1) is 15.5. The highest BCUT2D eigenvalue weighted by atomic mass is 32.1. The van der Waals surface area contributed by atoms with Gasteiger partial charge in [-0.3, -0.25) is 14.9 Å². The number of carbonyl (C=O) groups is 2. The molecule has 1 atom stereocenters. The second-order valence-corrected chi connectivity index (χ2v) is 8.95. The largest absolute Gasteiger partial charge is 0.341 e. The minimum Gasteiger partial charge on any atom is -0.341 e. The number of nitrogens with zero attached hydrogens (tertiary/aromatic N) is 2. The third kappa shape index (κ3) is 6.72. The summed E-state index contributed by atoms with van der Waals surface area (Å²) in [7, 11) is 0. The molecule has 0 radical (unpaired) electrons. The number of rotatable bonds is 10. The Balaban J connectivity index is 1.51. The molecule has 1 unspecified atom stereocenters. The van der Waals surface area contributed by atoms with Crippen molar-refractivity contribution in [1.82, 2.24) is 15.5 Å². The fourth-order valence-electron chi connectivity index (χ4n) is 3.31. The van der Waals surface area contributed by atoms with Gasteiger partial charge in [-0.15, -0.1) is 10.2 Å². The molecule has 0 saturated heterocycles. The van der Waals surface area contributed by atoms with Gasteiger partial charge in [0.2, 0.25) is 11.0 Å². The number of hydrogen-bond acceptors (Lipinski definition) is 5. The maximum atomic E-state index is 12.5. The van der Waals surface area contributed by atoms with Crippen molar-refractivity contribution in [2.45, 2.75) is 58.9 Å². The van der Waals surface area contributed by atoms with Gasteiger partial charge in [0.1, 0.15) is 11.0 Å². The number of unbranched alkanes of at least 4 members (excludes halogenated alkanes) is 3. The van der Waals surface area contributed by atoms with Gasteiger partial charge in [-0.05, 0) is 50.5 Å². The van der Waals surface area contributed by atoms with E-state index >= 15 is 0 Å². The first-order valence-corrected chi connectivity index (χ1v) is 11.9. The van der Waals surface area contributed by atoms with Crippen molar-refractivity contribution >= 4 is 28.3 Å². The second kappa shape index (κ2) is 11.5. The maximum Gasteiger partial charge on any atom is 0.251 e. The smallest absolute Gasteiger partial charge is 0.251 e. The molecule has 32 heavy (non-hydrogen) atoms. The molecule has 0 spiro atoms. The number of anilines is 1. The van der Waals surface area contributed by atoms with Gasteiger partial charge in [0.15, 0.2) is 0 Å². The summed E-state index contributed by atoms with van der Waals surface area (Å²) in [5.41, 5.74) is 3.85. The zero-order chi connectivity index (χ0) is 22.9. The van der Waals surface area contributed by atoms with Crippen LogP contribution in [0.5, 0.6) is 0 Å². The van der Waals surface area contributed by atoms with Crippen molar-refractivity contribution in [1.29, 1.82) is 0 Å². The summed E-state index contributed by atoms with van der Waals surface area (Å²) in [6.07, 6.45) is 5.88. The summed E-state index contributed by atoms with van der Waals surface area (Å²) in [5.74, 6) is -0.610. The summed E-state index contributed by atoms with van der Waals surface area (Å²) in [6.45, 7) is 5.86. The Bertz CT molecular complexity index is 1050. The van der Waals surface area contributed by atoms with E-state index in [1.54, 1.807) is 6.92 Å². The van der Waals surface area contributed by atoms with Gasteiger partial charge in [-0.2, -0.15) is 0 Å². The summed E-state index contributed by atoms with van der Waals surface area (Å²) < 4.78 is 0. The third-order valence-electron chi connectivity index (χ3n) is 5.20. The molecule has 168 valence electrons. The first-order valence-electron chi connectivity index (χ1n) is 11.1. The Kier molecular flexibility index (Phi) is 8.50. The van der Waals surface area contributed by atoms with Gasteiger partial charge in [0.05, 0.1) is 0 Å². The molecule has 0 aliphatic rings. The molecule has 0 aliphatic heterocycles. The molecular formula is C25H30N4O2S. The monoisotopic (exact) mass is 450 g/mol. The quantitative estimate of drug-likeness (QED) is 0.406. The fourth-order valence-corrected chi connectivity index (χ4v) is 4.05. The predicted octanol–water partition coefficient (Wildman–Crippen LogP) is 5.39. The molecule has 2 amide bonds. The lowest BCUT2D eigenvalue weighted by Gasteiger charge is -2.13. The molecule has 2 N–H and O–H groups in total. The summed E-state index contributed by atoms with van der Waals surface area (Å²) in [4.78, 5) is 25.0. The van der Waals surface area contributed by atoms with E-state index in [0.717, 1.165) is 29.0 Å². The molecule has 2 aromatic carbocycles. The van der Waals surface area contributed by atoms with Crippen molar-refractivity contribution in [3.8, 4) is 10.6 Å². The number of carbonyl (C=O) groups excluding carboxylic acids is 2. The Labute approximate surface area is 193 Å². The van der Waals surface area contributed by atoms with E-state index in [0.29, 0.717) is 10.7 Å². The average molecular weight is 451 g/mol. The van der Waals surface area contributed by atoms with Crippen LogP contribution in [0.4, 0.5) is 5.13 Å². The Hall–Kier alpha value is -3.06. The van der Waals surface area contributed by atoms with E-state index in [9.17, 15) is 9.59 Å². The molecule has 3 rings (SSSR count). The lowest BCUT2D eigenvalue weighted by atomic mass is 10.0. The van der Waals surface area contributed by atoms with E-state index in [1.165, 1.54) is 36.2 Å². The molecule has 6 nitrogen and oxygen atoms in total. The van der Waals surface area contributed by atoms with Gasteiger partial charge in [0.25, 0.3) is 5.91 Å². The summed E-state index contributed by atoms with van der Waals surface area (Å²) >= 11 is 1.30. The van der Waals surface area contributed by atoms with Crippen molar-refractivity contribution in [3.05, 3.63) is 65.2 Å². The van der Waals surface area contributed by atoms with Crippen molar-refractivity contribution in [2.75, 3.05) is 5.32 Å². The standard InChI is InChI=1S/C25H30N4O2S/c1-4-5-6-7-10-19-12-14-20(15-13-19)23(31)26-18(3)22(30)27-25-29-28-24(32-25)21-11-8-9-17(2)16-21/h8-9,11-16,18H,4-7,10H2,1-3H3,(H,26,31)(H,27,29,30). The third-order valence-corrected chi connectivity index (χ3v) is 6.08. The van der Waals surface area contributed by atoms with Crippen LogP contribution in [0.2, 0.25) is 0 Å². The minimum atomic E-state index is -0.706. The van der Waals surface area contributed by atoms with Gasteiger partial charge in [-0.1, -0.05) is 73.4 Å². The number of hydrogen-bond donors (Lipinski definition) is 2. The molecule has 7 heteroatoms. The minimum absolute atomic E-state index is 0.275. The molecular weight excluding hydrogens is 420 g/mol. The number of nitrogens with one attached hydrogen (secondary N) is 2. The number of benzene rings is 2. The van der Waals surface area contributed by atoms with Gasteiger partial charge in [-0.25, -0.2) is 0 Å². The highest BCUT2D eigenvalue weighted by molar-refractivity contribution is 7.18. The lowest BCUT2D eigenvalue weighted by Crippen LogP contribution is -2.41. The molecule has 3 aromatic rings. The lowest BCUT2D eigenvalue weighted by molar-refractivity contribution is -0.117. The van der Waals surface area contributed by atoms with Crippen molar-refractivity contribution in [2.24, 2.45) is 0 Å². The molecule has 0 aliphatic carbocycles. The predicted molar refractivity (Wildman–Crippen MR) is 130 cm³/mol. The highest BCUT2D eigenvalue weighted by Gasteiger charge is 2.18. The van der Waals surface area contributed by atoms with Crippen LogP contribution >= 0.6 is 11.3 Å². The number of aryl methyl sites for hydroxylation is 2. The summed E-state index contributed by atoms with van der Waals surface area (Å²) in [6, 6.07) is 14.8. The number of amides is 2. The highest BCUT2D eigenvalue weighted by Crippen LogP contribution is 2.26. The first kappa shape index (κ1) is 23.6. The van der Waals surface area contributed by atoms with Crippen LogP contribution in [-0.4, -0.2) is 28.1 Å². The second-order valence-electron chi connectivity index (χ2n) is 7.97. The van der Waals surface area contributed by atoms with Gasteiger partial charge in [0, 0.05) is 11.1 Å². The van der Waals surface area contributed by atoms with Gasteiger partial charge >= 0.3 is 0 Å². The molecule has 1 aromatic heterocycles. The van der Waals surface area contributed by atoms with Gasteiger partial charge < -0.3 is 5.32 Å². The molecule has 1 heterocycles. The van der Waals surface area contributed by atoms with Crippen LogP contribution in [0.3, 0.4) is 0 Å². The fraction of sp³-hybridized carbons (Fsp3) is 0.360. The van der Waals surface area contributed by atoms with E-state index in [-0.39, 0.29) is 11.8 Å². The SMILES string of the molecule is CCCCCCc1ccc(C(=O)NC(C)C(=O)Nc2nnc(-c3cccc(C)c3)s2)cc1. The molecule has 0 saturated carbocycles. The topological polar surface area (TPSA) is 84.0 Å². The maximum absolute atomic E-state index is 12.5. The van der Waals surface area contributed by atoms with Crippen LogP contribution in [0.1, 0.15) is 61.0 Å². The van der Waals surface area contributed by atoms with E-state index in [4.69, 9.17) is 0 Å². The van der Waals surface area contributed by atoms with Crippen LogP contribution < -0.4 is 10.6 Å². The van der Waals surface area contributed by atoms with Crippen LogP contribution in [0.15, 0.2) is 48.5 Å². The van der Waals surface area contributed by atoms with Crippen LogP contribution in [0.25, 0.3) is 10.6 Å². The van der Waals surface area contributed by atoms with E-state index in [2.05, 4.69) is 27.8 Å². The van der Waals surface area contributed by atoms with E-state index < -0.39 is 6.04 Å². The zero-order valence-electron chi connectivity index (χ0n) is 18.9. The Morgan fingerprint density at radius 1 is 1.03 bits per heavy atom. The van der Waals surface area contributed by atoms with E-state index in [1.807, 2.05) is 55.5 Å². The Morgan fingerprint density at radius 2 is 1.81 bits per heavy atom. The molecule has 0 fully saturated rings. The normalized spacial score (nSPS) is 11.7. The van der Waals surface area contributed by atoms with Crippen LogP contribution in [0, 0.1) is 6.92 Å². The average Bonchev–Trinajstić information content (AvgIpc) is 3.25. The van der Waals surface area contributed by atoms with Crippen LogP contribution in [-0.2, 0) is 11.2 Å². The Morgan fingerprint density at radius 3 is 2.53 bits per heavy atom. The number of aromatic nitrogens is 2. The van der Waals surface area contributed by atoms with Crippen molar-refractivity contribution < 1.29 is 9.59 Å². The van der Waals surface area contributed by atoms with Crippen molar-refractivity contribution in [3.63, 3.8) is 0 Å².